The molecule has 0 rings (SSSR count). The van der Waals surface area contributed by atoms with Crippen molar-refractivity contribution < 1.29 is 22.7 Å². The molecule has 0 aromatic rings. The molecule has 0 aliphatic carbocycles. The van der Waals surface area contributed by atoms with Crippen molar-refractivity contribution in [2.24, 2.45) is 0 Å². The van der Waals surface area contributed by atoms with Gasteiger partial charge in [0, 0.05) is 24.7 Å². The van der Waals surface area contributed by atoms with Crippen LogP contribution in [0.25, 0.3) is 0 Å². The Labute approximate surface area is 188 Å². The zero-order chi connectivity index (χ0) is 20.3. The van der Waals surface area contributed by atoms with Crippen molar-refractivity contribution in [1.29, 1.82) is 0 Å². The summed E-state index contributed by atoms with van der Waals surface area (Å²) in [4.78, 5) is 22.9. The molecule has 0 saturated heterocycles. The summed E-state index contributed by atoms with van der Waals surface area (Å²) in [6.07, 6.45) is 4.19. The Kier molecular flexibility index (Phi) is 21.6. The van der Waals surface area contributed by atoms with Crippen LogP contribution in [0.5, 0.6) is 0 Å². The first-order chi connectivity index (χ1) is 12.9. The van der Waals surface area contributed by atoms with E-state index >= 15 is 0 Å². The third-order valence-electron chi connectivity index (χ3n) is 2.40. The van der Waals surface area contributed by atoms with Gasteiger partial charge < -0.3 is 13.1 Å². The maximum Gasteiger partial charge on any atom is 0.283 e. The molecule has 0 unspecified atom stereocenters. The van der Waals surface area contributed by atoms with Gasteiger partial charge in [0.1, 0.15) is 0 Å². The van der Waals surface area contributed by atoms with Crippen molar-refractivity contribution in [2.45, 2.75) is 65.6 Å². The zero-order valence-corrected chi connectivity index (χ0v) is 21.2. The fourth-order valence-corrected chi connectivity index (χ4v) is 6.46. The van der Waals surface area contributed by atoms with Crippen LogP contribution >= 0.6 is 67.3 Å². The van der Waals surface area contributed by atoms with Crippen LogP contribution in [0.1, 0.15) is 53.4 Å². The summed E-state index contributed by atoms with van der Waals surface area (Å²) in [6.45, 7) is 9.13. The molecule has 0 N–H and O–H groups in total. The molecule has 0 fully saturated rings. The average molecular weight is 495 g/mol. The monoisotopic (exact) mass is 494 g/mol. The van der Waals surface area contributed by atoms with E-state index in [0.717, 1.165) is 74.5 Å². The van der Waals surface area contributed by atoms with Gasteiger partial charge in [0.2, 0.25) is 0 Å². The quantitative estimate of drug-likeness (QED) is 0.120. The maximum absolute atomic E-state index is 11.5. The van der Waals surface area contributed by atoms with E-state index in [1.807, 2.05) is 27.7 Å². The van der Waals surface area contributed by atoms with Crippen LogP contribution in [0.2, 0.25) is 0 Å². The summed E-state index contributed by atoms with van der Waals surface area (Å²) in [5.74, 6) is 1.87. The van der Waals surface area contributed by atoms with Crippen LogP contribution < -0.4 is 0 Å². The smallest absolute Gasteiger partial charge is 0.283 e. The van der Waals surface area contributed by atoms with Gasteiger partial charge in [-0.2, -0.15) is 0 Å². The number of rotatable bonds is 16. The van der Waals surface area contributed by atoms with Gasteiger partial charge in [0.15, 0.2) is 0 Å². The summed E-state index contributed by atoms with van der Waals surface area (Å²) in [5.41, 5.74) is 0. The minimum atomic E-state index is -0.00581. The van der Waals surface area contributed by atoms with Gasteiger partial charge in [-0.05, 0) is 75.0 Å². The second kappa shape index (κ2) is 20.6. The Morgan fingerprint density at radius 3 is 1.48 bits per heavy atom. The normalized spacial score (nSPS) is 11.5. The highest BCUT2D eigenvalue weighted by Crippen LogP contribution is 2.31. The topological polar surface area (TPSA) is 61.8 Å². The lowest BCUT2D eigenvalue weighted by Crippen LogP contribution is -1.98. The molecule has 0 atom stereocenters. The summed E-state index contributed by atoms with van der Waals surface area (Å²) in [5, 5.41) is 0. The minimum Gasteiger partial charge on any atom is -0.381 e. The average Bonchev–Trinajstić information content (AvgIpc) is 2.62. The highest BCUT2D eigenvalue weighted by Gasteiger charge is 2.07. The fraction of sp³-hybridized carbons (Fsp3) is 0.875. The molecule has 0 aromatic carbocycles. The lowest BCUT2D eigenvalue weighted by Gasteiger charge is -2.05. The predicted molar refractivity (Wildman–Crippen MR) is 128 cm³/mol. The molecular formula is C16H30O5S6. The Balaban J connectivity index is 3.21. The van der Waals surface area contributed by atoms with Crippen molar-refractivity contribution in [3.63, 3.8) is 0 Å². The van der Waals surface area contributed by atoms with E-state index in [9.17, 15) is 9.59 Å². The third kappa shape index (κ3) is 23.5. The van der Waals surface area contributed by atoms with Crippen molar-refractivity contribution in [3.8, 4) is 0 Å². The Bertz CT molecular complexity index is 350. The molecule has 0 aliphatic heterocycles. The number of ether oxygens (including phenoxy) is 1. The molecule has 0 bridgehead atoms. The molecule has 0 radical (unpaired) electrons. The Morgan fingerprint density at radius 2 is 1.11 bits per heavy atom. The van der Waals surface area contributed by atoms with Gasteiger partial charge in [-0.15, -0.1) is 0 Å². The molecule has 11 heteroatoms. The van der Waals surface area contributed by atoms with Gasteiger partial charge in [-0.1, -0.05) is 21.6 Å². The van der Waals surface area contributed by atoms with E-state index in [0.29, 0.717) is 0 Å². The maximum atomic E-state index is 11.5. The molecule has 0 amide bonds. The van der Waals surface area contributed by atoms with Gasteiger partial charge in [0.25, 0.3) is 8.89 Å². The van der Waals surface area contributed by atoms with Crippen LogP contribution in [0.4, 0.5) is 9.59 Å². The summed E-state index contributed by atoms with van der Waals surface area (Å²) < 4.78 is 16.0. The SMILES string of the molecule is CC(C)OSC(=O)SSCCCCOCCCCSSC(=O)SOC(C)C. The molecule has 160 valence electrons. The van der Waals surface area contributed by atoms with E-state index in [1.54, 1.807) is 21.6 Å². The highest BCUT2D eigenvalue weighted by molar-refractivity contribution is 8.86. The van der Waals surface area contributed by atoms with E-state index < -0.39 is 0 Å². The molecule has 0 aromatic heterocycles. The number of carbonyl (C=O) groups is 2. The van der Waals surface area contributed by atoms with E-state index in [-0.39, 0.29) is 21.1 Å². The number of hydrogen-bond donors (Lipinski definition) is 0. The van der Waals surface area contributed by atoms with Crippen molar-refractivity contribution >= 4 is 76.2 Å². The van der Waals surface area contributed by atoms with Crippen molar-refractivity contribution in [3.05, 3.63) is 0 Å². The fourth-order valence-electron chi connectivity index (χ4n) is 1.31. The van der Waals surface area contributed by atoms with E-state index in [1.165, 1.54) is 21.6 Å². The first-order valence-electron chi connectivity index (χ1n) is 8.83. The third-order valence-corrected chi connectivity index (χ3v) is 9.21. The van der Waals surface area contributed by atoms with Crippen LogP contribution in [0, 0.1) is 0 Å². The first-order valence-corrected chi connectivity index (χ1v) is 14.9. The van der Waals surface area contributed by atoms with Gasteiger partial charge in [0.05, 0.1) is 36.3 Å². The second-order valence-electron chi connectivity index (χ2n) is 5.79. The molecule has 0 heterocycles. The second-order valence-corrected chi connectivity index (χ2v) is 12.5. The van der Waals surface area contributed by atoms with E-state index in [2.05, 4.69) is 0 Å². The predicted octanol–water partition coefficient (Wildman–Crippen LogP) is 7.71. The van der Waals surface area contributed by atoms with Crippen LogP contribution in [0.3, 0.4) is 0 Å². The highest BCUT2D eigenvalue weighted by atomic mass is 33.1. The summed E-state index contributed by atoms with van der Waals surface area (Å²) >= 11 is 1.84. The van der Waals surface area contributed by atoms with Crippen LogP contribution in [-0.4, -0.2) is 45.8 Å². The number of carbonyl (C=O) groups excluding carboxylic acids is 2. The summed E-state index contributed by atoms with van der Waals surface area (Å²) in [6, 6.07) is 0. The molecule has 0 spiro atoms. The largest absolute Gasteiger partial charge is 0.381 e. The number of hydrogen-bond acceptors (Lipinski definition) is 11. The van der Waals surface area contributed by atoms with Gasteiger partial charge in [-0.3, -0.25) is 9.59 Å². The molecule has 27 heavy (non-hydrogen) atoms. The van der Waals surface area contributed by atoms with Crippen LogP contribution in [-0.2, 0) is 13.1 Å². The van der Waals surface area contributed by atoms with Crippen LogP contribution in [0.15, 0.2) is 0 Å². The molecule has 5 nitrogen and oxygen atoms in total. The zero-order valence-electron chi connectivity index (χ0n) is 16.3. The van der Waals surface area contributed by atoms with Crippen molar-refractivity contribution in [1.82, 2.24) is 0 Å². The molecule has 0 saturated carbocycles. The minimum absolute atomic E-state index is 0.00581. The Morgan fingerprint density at radius 1 is 0.704 bits per heavy atom. The standard InChI is InChI=1S/C16H30O5S6/c1-13(2)20-24-15(17)26-22-11-7-5-9-19-10-6-8-12-23-27-16(18)25-21-14(3)4/h13-14H,5-12H2,1-4H3. The molecular weight excluding hydrogens is 465 g/mol. The molecule has 0 aliphatic rings. The first kappa shape index (κ1) is 28.3. The summed E-state index contributed by atoms with van der Waals surface area (Å²) in [7, 11) is 5.61. The lowest BCUT2D eigenvalue weighted by molar-refractivity contribution is 0.129. The van der Waals surface area contributed by atoms with Gasteiger partial charge >= 0.3 is 0 Å². The Hall–Kier alpha value is 1.32. The van der Waals surface area contributed by atoms with Gasteiger partial charge in [-0.25, -0.2) is 0 Å². The van der Waals surface area contributed by atoms with E-state index in [4.69, 9.17) is 13.1 Å². The van der Waals surface area contributed by atoms with Crippen molar-refractivity contribution in [2.75, 3.05) is 24.7 Å². The number of unbranched alkanes of at least 4 members (excludes halogenated alkanes) is 2. The lowest BCUT2D eigenvalue weighted by atomic mass is 10.3.